The first-order valence-corrected chi connectivity index (χ1v) is 2.43. The molecule has 0 spiro atoms. The number of rotatable bonds is 1. The third-order valence-corrected chi connectivity index (χ3v) is 0.866. The average molecular weight is 72.1 g/mol. The van der Waals surface area contributed by atoms with Gasteiger partial charge in [0, 0.05) is 0 Å². The predicted molar refractivity (Wildman–Crippen MR) is 23.1 cm³/mol. The second-order valence-electron chi connectivity index (χ2n) is 0.789. The van der Waals surface area contributed by atoms with Crippen molar-refractivity contribution in [1.29, 1.82) is 0 Å². The Morgan fingerprint density at radius 1 is 2.00 bits per heavy atom. The Kier molecular flexibility index (Phi) is 4.00. The molecule has 0 bridgehead atoms. The van der Waals surface area contributed by atoms with E-state index in [1.807, 2.05) is 0 Å². The average Bonchev–Trinajstić information content (AvgIpc) is 1.37. The van der Waals surface area contributed by atoms with Crippen LogP contribution in [0, 0.1) is 0 Å². The van der Waals surface area contributed by atoms with Gasteiger partial charge in [0.2, 0.25) is 0 Å². The molecule has 0 aliphatic rings. The maximum absolute atomic E-state index is 2.66. The summed E-state index contributed by atoms with van der Waals surface area (Å²) in [5, 5.41) is 1.24. The van der Waals surface area contributed by atoms with Gasteiger partial charge >= 0.3 is 34.9 Å². The van der Waals surface area contributed by atoms with Gasteiger partial charge in [0.05, 0.1) is 0 Å². The monoisotopic (exact) mass is 72.1 g/mol. The maximum Gasteiger partial charge on any atom is -1.00 e. The fraction of sp³-hybridized carbons (Fsp3) is 1.00. The first-order chi connectivity index (χ1) is 1.91. The molecule has 0 saturated carbocycles. The molecule has 24 valence electrons. The topological polar surface area (TPSA) is 0 Å². The van der Waals surface area contributed by atoms with Crippen LogP contribution in [0.2, 0.25) is 5.28 Å². The van der Waals surface area contributed by atoms with Crippen molar-refractivity contribution >= 4 is 16.3 Å². The molecule has 0 aliphatic carbocycles. The third kappa shape index (κ3) is 2.53. The van der Waals surface area contributed by atoms with Crippen LogP contribution in [-0.2, 0) is 0 Å². The second kappa shape index (κ2) is 3.53. The summed E-state index contributed by atoms with van der Waals surface area (Å²) in [4.78, 5) is 0. The van der Waals surface area contributed by atoms with E-state index in [2.05, 4.69) is 23.2 Å². The molecule has 0 heterocycles. The summed E-state index contributed by atoms with van der Waals surface area (Å²) in [6.07, 6.45) is 1.28. The molecule has 0 fully saturated rings. The zero-order valence-electron chi connectivity index (χ0n) is 4.99. The standard InChI is InChI=1S/C3H7.Al.2H/c1-3-2;;;/h1,3H2,2H3;;;/q;+2;2*-1. The summed E-state index contributed by atoms with van der Waals surface area (Å²) >= 11 is 2.66. The van der Waals surface area contributed by atoms with Gasteiger partial charge in [-0.15, -0.1) is 0 Å². The number of hydrogen-bond acceptors (Lipinski definition) is 0. The molecule has 0 atom stereocenters. The zero-order valence-corrected chi connectivity index (χ0v) is 4.15. The van der Waals surface area contributed by atoms with Crippen LogP contribution in [0.4, 0.5) is 0 Å². The van der Waals surface area contributed by atoms with E-state index in [4.69, 9.17) is 0 Å². The normalized spacial score (nSPS) is 7.75. The van der Waals surface area contributed by atoms with E-state index in [0.29, 0.717) is 0 Å². The van der Waals surface area contributed by atoms with Gasteiger partial charge in [-0.3, -0.25) is 0 Å². The summed E-state index contributed by atoms with van der Waals surface area (Å²) in [5.74, 6) is 0. The Labute approximate surface area is 38.6 Å². The fourth-order valence-electron chi connectivity index (χ4n) is 0. The van der Waals surface area contributed by atoms with Crippen LogP contribution in [0.3, 0.4) is 0 Å². The van der Waals surface area contributed by atoms with Gasteiger partial charge in [0.15, 0.2) is 0 Å². The molecule has 1 heteroatoms. The quantitative estimate of drug-likeness (QED) is 0.408. The van der Waals surface area contributed by atoms with Crippen molar-refractivity contribution < 1.29 is 2.85 Å². The Morgan fingerprint density at radius 3 is 2.25 bits per heavy atom. The summed E-state index contributed by atoms with van der Waals surface area (Å²) in [6.45, 7) is 2.16. The molecule has 0 rings (SSSR count). The molecule has 0 aliphatic heterocycles. The Morgan fingerprint density at radius 2 is 2.25 bits per heavy atom. The molecule has 0 aromatic heterocycles. The molecule has 0 N–H and O–H groups in total. The van der Waals surface area contributed by atoms with E-state index in [9.17, 15) is 0 Å². The minimum absolute atomic E-state index is 0. The first kappa shape index (κ1) is 4.53. The van der Waals surface area contributed by atoms with Crippen LogP contribution in [0.5, 0.6) is 0 Å². The minimum atomic E-state index is 0. The van der Waals surface area contributed by atoms with Crippen molar-refractivity contribution in [3.05, 3.63) is 0 Å². The second-order valence-corrected chi connectivity index (χ2v) is 1.37. The summed E-state index contributed by atoms with van der Waals surface area (Å²) in [6, 6.07) is 0. The van der Waals surface area contributed by atoms with Crippen LogP contribution < -0.4 is 0 Å². The molecule has 4 heavy (non-hydrogen) atoms. The van der Waals surface area contributed by atoms with Gasteiger partial charge in [-0.1, -0.05) is 0 Å². The Hall–Kier alpha value is 0.532. The predicted octanol–water partition coefficient (Wildman–Crippen LogP) is 1.21. The largest absolute Gasteiger partial charge is 1.00 e. The van der Waals surface area contributed by atoms with Crippen LogP contribution >= 0.6 is 0 Å². The SMILES string of the molecule is CC[CH2][Al+2].[H-].[H-]. The van der Waals surface area contributed by atoms with E-state index >= 15 is 0 Å². The van der Waals surface area contributed by atoms with Gasteiger partial charge in [0.25, 0.3) is 0 Å². The molecule has 0 unspecified atom stereocenters. The first-order valence-electron chi connectivity index (χ1n) is 1.62. The van der Waals surface area contributed by atoms with E-state index in [-0.39, 0.29) is 2.85 Å². The van der Waals surface area contributed by atoms with Gasteiger partial charge < -0.3 is 2.85 Å². The molecule has 0 aromatic carbocycles. The fourth-order valence-corrected chi connectivity index (χ4v) is 0. The smallest absolute Gasteiger partial charge is 1.00 e. The minimum Gasteiger partial charge on any atom is -1.00 e. The van der Waals surface area contributed by atoms with Crippen molar-refractivity contribution in [2.45, 2.75) is 18.6 Å². The van der Waals surface area contributed by atoms with E-state index in [1.54, 1.807) is 0 Å². The summed E-state index contributed by atoms with van der Waals surface area (Å²) in [7, 11) is 0. The molecule has 0 radical (unpaired) electrons. The maximum atomic E-state index is 2.66. The van der Waals surface area contributed by atoms with Crippen LogP contribution in [-0.4, -0.2) is 16.3 Å². The molecule has 0 nitrogen and oxygen atoms in total. The van der Waals surface area contributed by atoms with Crippen molar-refractivity contribution in [2.24, 2.45) is 0 Å². The van der Waals surface area contributed by atoms with E-state index in [0.717, 1.165) is 0 Å². The molecular formula is C3H9Al. The third-order valence-electron chi connectivity index (χ3n) is 0.289. The van der Waals surface area contributed by atoms with Gasteiger partial charge in [-0.25, -0.2) is 0 Å². The van der Waals surface area contributed by atoms with Crippen molar-refractivity contribution in [1.82, 2.24) is 0 Å². The number of hydrogen-bond donors (Lipinski definition) is 0. The zero-order chi connectivity index (χ0) is 3.41. The van der Waals surface area contributed by atoms with Crippen LogP contribution in [0.15, 0.2) is 0 Å². The van der Waals surface area contributed by atoms with Crippen molar-refractivity contribution in [3.8, 4) is 0 Å². The van der Waals surface area contributed by atoms with Gasteiger partial charge in [-0.05, 0) is 0 Å². The van der Waals surface area contributed by atoms with Gasteiger partial charge in [-0.2, -0.15) is 0 Å². The Balaban J connectivity index is -0.0000000450. The van der Waals surface area contributed by atoms with E-state index < -0.39 is 0 Å². The summed E-state index contributed by atoms with van der Waals surface area (Å²) in [5.41, 5.74) is 0. The molecule has 0 aromatic rings. The van der Waals surface area contributed by atoms with Gasteiger partial charge in [0.1, 0.15) is 0 Å². The molecule has 0 saturated heterocycles. The summed E-state index contributed by atoms with van der Waals surface area (Å²) < 4.78 is 0. The van der Waals surface area contributed by atoms with Crippen molar-refractivity contribution in [3.63, 3.8) is 0 Å². The van der Waals surface area contributed by atoms with Crippen molar-refractivity contribution in [2.75, 3.05) is 0 Å². The molecular weight excluding hydrogens is 63.0 g/mol. The van der Waals surface area contributed by atoms with E-state index in [1.165, 1.54) is 11.7 Å². The van der Waals surface area contributed by atoms with Crippen LogP contribution in [0.25, 0.3) is 0 Å². The van der Waals surface area contributed by atoms with Crippen LogP contribution in [0.1, 0.15) is 16.2 Å². The molecule has 0 amide bonds. The Bertz CT molecular complexity index is 10.8.